The van der Waals surface area contributed by atoms with Gasteiger partial charge in [-0.2, -0.15) is 0 Å². The summed E-state index contributed by atoms with van der Waals surface area (Å²) in [6, 6.07) is 6.50. The van der Waals surface area contributed by atoms with E-state index >= 15 is 0 Å². The summed E-state index contributed by atoms with van der Waals surface area (Å²) in [6.07, 6.45) is 3.41. The van der Waals surface area contributed by atoms with Gasteiger partial charge in [0.2, 0.25) is 0 Å². The fourth-order valence-corrected chi connectivity index (χ4v) is 2.79. The molecule has 2 rings (SSSR count). The third-order valence-electron chi connectivity index (χ3n) is 3.55. The van der Waals surface area contributed by atoms with Crippen molar-refractivity contribution in [1.29, 1.82) is 0 Å². The van der Waals surface area contributed by atoms with Gasteiger partial charge in [0.15, 0.2) is 0 Å². The van der Waals surface area contributed by atoms with Crippen LogP contribution in [0.15, 0.2) is 18.2 Å². The summed E-state index contributed by atoms with van der Waals surface area (Å²) in [5.74, 6) is 2.23. The van der Waals surface area contributed by atoms with E-state index in [1.807, 2.05) is 12.1 Å². The van der Waals surface area contributed by atoms with Crippen molar-refractivity contribution in [2.45, 2.75) is 45.0 Å². The summed E-state index contributed by atoms with van der Waals surface area (Å²) in [7, 11) is 1.67. The predicted octanol–water partition coefficient (Wildman–Crippen LogP) is 4.53. The van der Waals surface area contributed by atoms with E-state index in [9.17, 15) is 0 Å². The van der Waals surface area contributed by atoms with Crippen LogP contribution in [0.25, 0.3) is 11.0 Å². The highest BCUT2D eigenvalue weighted by molar-refractivity contribution is 6.16. The van der Waals surface area contributed by atoms with Gasteiger partial charge in [0, 0.05) is 12.1 Å². The average molecular weight is 281 g/mol. The predicted molar refractivity (Wildman–Crippen MR) is 80.1 cm³/mol. The first-order valence-corrected chi connectivity index (χ1v) is 7.39. The molecule has 1 aromatic carbocycles. The molecular weight excluding hydrogens is 260 g/mol. The van der Waals surface area contributed by atoms with Gasteiger partial charge in [-0.05, 0) is 25.0 Å². The minimum Gasteiger partial charge on any atom is -0.497 e. The van der Waals surface area contributed by atoms with Crippen molar-refractivity contribution in [3.05, 3.63) is 24.0 Å². The maximum absolute atomic E-state index is 6.06. The van der Waals surface area contributed by atoms with Crippen LogP contribution in [-0.2, 0) is 5.88 Å². The highest BCUT2D eigenvalue weighted by atomic mass is 35.5. The third-order valence-corrected chi connectivity index (χ3v) is 3.79. The molecule has 0 bridgehead atoms. The zero-order valence-corrected chi connectivity index (χ0v) is 12.6. The van der Waals surface area contributed by atoms with Crippen LogP contribution in [0, 0.1) is 0 Å². The van der Waals surface area contributed by atoms with E-state index in [0.717, 1.165) is 41.9 Å². The van der Waals surface area contributed by atoms with Crippen LogP contribution in [0.4, 0.5) is 0 Å². The van der Waals surface area contributed by atoms with E-state index in [1.54, 1.807) is 7.11 Å². The van der Waals surface area contributed by atoms with Crippen LogP contribution in [0.2, 0.25) is 0 Å². The first-order chi connectivity index (χ1) is 9.24. The number of rotatable bonds is 6. The second kappa shape index (κ2) is 6.29. The smallest absolute Gasteiger partial charge is 0.125 e. The van der Waals surface area contributed by atoms with Crippen LogP contribution in [-0.4, -0.2) is 16.7 Å². The molecule has 1 atom stereocenters. The summed E-state index contributed by atoms with van der Waals surface area (Å²) in [5, 5.41) is 0. The van der Waals surface area contributed by atoms with E-state index in [1.165, 1.54) is 0 Å². The molecule has 0 N–H and O–H groups in total. The van der Waals surface area contributed by atoms with E-state index in [-0.39, 0.29) is 0 Å². The summed E-state index contributed by atoms with van der Waals surface area (Å²) < 4.78 is 7.55. The van der Waals surface area contributed by atoms with Crippen LogP contribution in [0.1, 0.15) is 45.0 Å². The summed E-state index contributed by atoms with van der Waals surface area (Å²) in [6.45, 7) is 4.43. The van der Waals surface area contributed by atoms with Crippen molar-refractivity contribution in [1.82, 2.24) is 9.55 Å². The molecule has 0 spiro atoms. The second-order valence-electron chi connectivity index (χ2n) is 4.74. The van der Waals surface area contributed by atoms with E-state index < -0.39 is 0 Å². The lowest BCUT2D eigenvalue weighted by Gasteiger charge is -2.19. The Kier molecular flexibility index (Phi) is 4.70. The zero-order valence-electron chi connectivity index (χ0n) is 11.8. The van der Waals surface area contributed by atoms with Crippen molar-refractivity contribution in [2.75, 3.05) is 7.11 Å². The Morgan fingerprint density at radius 1 is 1.37 bits per heavy atom. The first-order valence-electron chi connectivity index (χ1n) is 6.85. The number of hydrogen-bond acceptors (Lipinski definition) is 2. The minimum absolute atomic E-state index is 0.442. The molecular formula is C15H21ClN2O. The molecule has 3 nitrogen and oxygen atoms in total. The standard InChI is InChI=1S/C15H21ClN2O/c1-4-6-11(5-2)18-14-8-7-12(19-3)9-13(14)17-15(18)10-16/h7-9,11H,4-6,10H2,1-3H3. The number of aromatic nitrogens is 2. The highest BCUT2D eigenvalue weighted by Crippen LogP contribution is 2.29. The summed E-state index contributed by atoms with van der Waals surface area (Å²) in [4.78, 5) is 4.64. The van der Waals surface area contributed by atoms with Gasteiger partial charge in [0.05, 0.1) is 24.0 Å². The lowest BCUT2D eigenvalue weighted by Crippen LogP contribution is -2.10. The maximum Gasteiger partial charge on any atom is 0.125 e. The molecule has 2 aromatic rings. The van der Waals surface area contributed by atoms with Gasteiger partial charge in [0.1, 0.15) is 11.6 Å². The molecule has 1 aromatic heterocycles. The number of halogens is 1. The van der Waals surface area contributed by atoms with Gasteiger partial charge in [-0.3, -0.25) is 0 Å². The molecule has 4 heteroatoms. The van der Waals surface area contributed by atoms with Gasteiger partial charge in [0.25, 0.3) is 0 Å². The van der Waals surface area contributed by atoms with Crippen molar-refractivity contribution in [3.63, 3.8) is 0 Å². The number of benzene rings is 1. The van der Waals surface area contributed by atoms with Crippen LogP contribution < -0.4 is 4.74 Å². The minimum atomic E-state index is 0.442. The number of hydrogen-bond donors (Lipinski definition) is 0. The Morgan fingerprint density at radius 3 is 2.74 bits per heavy atom. The molecule has 19 heavy (non-hydrogen) atoms. The van der Waals surface area contributed by atoms with Gasteiger partial charge in [-0.15, -0.1) is 11.6 Å². The number of nitrogens with zero attached hydrogens (tertiary/aromatic N) is 2. The Morgan fingerprint density at radius 2 is 2.16 bits per heavy atom. The molecule has 0 saturated heterocycles. The van der Waals surface area contributed by atoms with Crippen LogP contribution >= 0.6 is 11.6 Å². The van der Waals surface area contributed by atoms with Gasteiger partial charge in [-0.25, -0.2) is 4.98 Å². The molecule has 0 aliphatic heterocycles. The van der Waals surface area contributed by atoms with Crippen molar-refractivity contribution in [2.24, 2.45) is 0 Å². The van der Waals surface area contributed by atoms with Crippen molar-refractivity contribution < 1.29 is 4.74 Å². The van der Waals surface area contributed by atoms with E-state index in [0.29, 0.717) is 11.9 Å². The SMILES string of the molecule is CCCC(CC)n1c(CCl)nc2cc(OC)ccc21. The van der Waals surface area contributed by atoms with Gasteiger partial charge in [-0.1, -0.05) is 20.3 Å². The fraction of sp³-hybridized carbons (Fsp3) is 0.533. The highest BCUT2D eigenvalue weighted by Gasteiger charge is 2.17. The Hall–Kier alpha value is -1.22. The number of methoxy groups -OCH3 is 1. The topological polar surface area (TPSA) is 27.1 Å². The molecule has 0 aliphatic rings. The van der Waals surface area contributed by atoms with Gasteiger partial charge >= 0.3 is 0 Å². The Balaban J connectivity index is 2.56. The van der Waals surface area contributed by atoms with Gasteiger partial charge < -0.3 is 9.30 Å². The lowest BCUT2D eigenvalue weighted by atomic mass is 10.1. The largest absolute Gasteiger partial charge is 0.497 e. The molecule has 1 heterocycles. The Labute approximate surface area is 119 Å². The van der Waals surface area contributed by atoms with Crippen LogP contribution in [0.5, 0.6) is 5.75 Å². The first kappa shape index (κ1) is 14.2. The molecule has 104 valence electrons. The number of ether oxygens (including phenoxy) is 1. The quantitative estimate of drug-likeness (QED) is 0.727. The maximum atomic E-state index is 6.06. The molecule has 0 amide bonds. The van der Waals surface area contributed by atoms with Crippen LogP contribution in [0.3, 0.4) is 0 Å². The number of alkyl halides is 1. The summed E-state index contributed by atoms with van der Waals surface area (Å²) >= 11 is 6.06. The Bertz CT molecular complexity index is 550. The number of fused-ring (bicyclic) bond motifs is 1. The number of imidazole rings is 1. The lowest BCUT2D eigenvalue weighted by molar-refractivity contribution is 0.415. The van der Waals surface area contributed by atoms with Crippen molar-refractivity contribution >= 4 is 22.6 Å². The molecule has 0 radical (unpaired) electrons. The zero-order chi connectivity index (χ0) is 13.8. The molecule has 0 aliphatic carbocycles. The average Bonchev–Trinajstić information content (AvgIpc) is 2.82. The third kappa shape index (κ3) is 2.71. The molecule has 1 unspecified atom stereocenters. The summed E-state index contributed by atoms with van der Waals surface area (Å²) in [5.41, 5.74) is 2.11. The van der Waals surface area contributed by atoms with E-state index in [4.69, 9.17) is 16.3 Å². The van der Waals surface area contributed by atoms with E-state index in [2.05, 4.69) is 29.5 Å². The molecule has 0 fully saturated rings. The van der Waals surface area contributed by atoms with Crippen molar-refractivity contribution in [3.8, 4) is 5.75 Å². The fourth-order valence-electron chi connectivity index (χ4n) is 2.61. The monoisotopic (exact) mass is 280 g/mol. The second-order valence-corrected chi connectivity index (χ2v) is 5.00. The normalized spacial score (nSPS) is 12.8. The molecule has 0 saturated carbocycles.